The van der Waals surface area contributed by atoms with E-state index in [0.717, 1.165) is 38.1 Å². The van der Waals surface area contributed by atoms with Gasteiger partial charge >= 0.3 is 0 Å². The van der Waals surface area contributed by atoms with Gasteiger partial charge in [-0.25, -0.2) is 4.98 Å². The molecule has 0 atom stereocenters. The lowest BCUT2D eigenvalue weighted by Crippen LogP contribution is -1.89. The predicted molar refractivity (Wildman–Crippen MR) is 82.4 cm³/mol. The molecule has 0 saturated heterocycles. The van der Waals surface area contributed by atoms with Crippen LogP contribution in [0.2, 0.25) is 0 Å². The molecule has 5 heteroatoms. The average Bonchev–Trinajstić information content (AvgIpc) is 2.83. The summed E-state index contributed by atoms with van der Waals surface area (Å²) < 4.78 is 5.21. The van der Waals surface area contributed by atoms with E-state index in [2.05, 4.69) is 9.97 Å². The summed E-state index contributed by atoms with van der Waals surface area (Å²) in [6.07, 6.45) is 0. The number of methoxy groups -OCH3 is 1. The van der Waals surface area contributed by atoms with Crippen LogP contribution in [0.25, 0.3) is 11.0 Å². The molecule has 0 spiro atoms. The Hall–Kier alpha value is -2.14. The van der Waals surface area contributed by atoms with Crippen molar-refractivity contribution < 1.29 is 4.74 Å². The van der Waals surface area contributed by atoms with Crippen LogP contribution in [0.4, 0.5) is 5.69 Å². The molecular weight excluding hydrogens is 270 g/mol. The third kappa shape index (κ3) is 2.44. The Morgan fingerprint density at radius 2 is 2.05 bits per heavy atom. The molecule has 0 aliphatic rings. The second-order valence-corrected chi connectivity index (χ2v) is 5.60. The number of benzene rings is 2. The minimum Gasteiger partial charge on any atom is -0.497 e. The molecule has 0 aliphatic carbocycles. The minimum atomic E-state index is 0.771. The Morgan fingerprint density at radius 3 is 2.80 bits per heavy atom. The number of anilines is 1. The summed E-state index contributed by atoms with van der Waals surface area (Å²) in [5, 5.41) is 0.823. The summed E-state index contributed by atoms with van der Waals surface area (Å²) in [7, 11) is 1.65. The van der Waals surface area contributed by atoms with E-state index in [-0.39, 0.29) is 0 Å². The zero-order chi connectivity index (χ0) is 14.1. The molecule has 1 aromatic heterocycles. The molecule has 0 amide bonds. The van der Waals surface area contributed by atoms with Gasteiger partial charge in [-0.2, -0.15) is 0 Å². The van der Waals surface area contributed by atoms with E-state index in [1.54, 1.807) is 7.11 Å². The van der Waals surface area contributed by atoms with Crippen molar-refractivity contribution >= 4 is 28.5 Å². The maximum Gasteiger partial charge on any atom is 0.171 e. The van der Waals surface area contributed by atoms with E-state index in [1.807, 2.05) is 43.3 Å². The van der Waals surface area contributed by atoms with Crippen LogP contribution in [0.3, 0.4) is 0 Å². The highest BCUT2D eigenvalue weighted by atomic mass is 32.2. The Morgan fingerprint density at radius 1 is 1.20 bits per heavy atom. The number of H-pyrrole nitrogens is 1. The van der Waals surface area contributed by atoms with Gasteiger partial charge in [-0.15, -0.1) is 0 Å². The lowest BCUT2D eigenvalue weighted by molar-refractivity contribution is 0.415. The van der Waals surface area contributed by atoms with Gasteiger partial charge in [0.2, 0.25) is 0 Å². The fourth-order valence-corrected chi connectivity index (χ4v) is 2.83. The first-order valence-corrected chi connectivity index (χ1v) is 7.05. The number of ether oxygens (including phenoxy) is 1. The Bertz CT molecular complexity index is 767. The third-order valence-corrected chi connectivity index (χ3v) is 4.02. The Labute approximate surface area is 121 Å². The van der Waals surface area contributed by atoms with Crippen LogP contribution in [0.1, 0.15) is 5.56 Å². The van der Waals surface area contributed by atoms with Crippen LogP contribution in [0.5, 0.6) is 5.75 Å². The highest BCUT2D eigenvalue weighted by molar-refractivity contribution is 7.99. The fourth-order valence-electron chi connectivity index (χ4n) is 2.01. The summed E-state index contributed by atoms with van der Waals surface area (Å²) in [4.78, 5) is 8.82. The van der Waals surface area contributed by atoms with Gasteiger partial charge in [0, 0.05) is 16.6 Å². The van der Waals surface area contributed by atoms with Crippen LogP contribution < -0.4 is 10.5 Å². The monoisotopic (exact) mass is 285 g/mol. The fraction of sp³-hybridized carbons (Fsp3) is 0.133. The standard InChI is InChI=1S/C15H15N3OS/c1-9-3-6-14(11(16)7-9)20-15-17-12-5-4-10(19-2)8-13(12)18-15/h3-8H,16H2,1-2H3,(H,17,18). The molecular formula is C15H15N3OS. The SMILES string of the molecule is COc1ccc2nc(Sc3ccc(C)cc3N)[nH]c2c1. The molecule has 0 radical (unpaired) electrons. The van der Waals surface area contributed by atoms with E-state index in [9.17, 15) is 0 Å². The summed E-state index contributed by atoms with van der Waals surface area (Å²) >= 11 is 1.53. The van der Waals surface area contributed by atoms with Crippen LogP contribution in [0, 0.1) is 6.92 Å². The molecule has 20 heavy (non-hydrogen) atoms. The van der Waals surface area contributed by atoms with Gasteiger partial charge in [0.25, 0.3) is 0 Å². The third-order valence-electron chi connectivity index (χ3n) is 3.04. The number of aromatic nitrogens is 2. The van der Waals surface area contributed by atoms with Crippen molar-refractivity contribution in [2.75, 3.05) is 12.8 Å². The van der Waals surface area contributed by atoms with Crippen molar-refractivity contribution in [2.45, 2.75) is 17.0 Å². The normalized spacial score (nSPS) is 10.9. The minimum absolute atomic E-state index is 0.771. The molecule has 1 heterocycles. The largest absolute Gasteiger partial charge is 0.497 e. The molecule has 0 unspecified atom stereocenters. The van der Waals surface area contributed by atoms with Crippen molar-refractivity contribution in [3.8, 4) is 5.75 Å². The van der Waals surface area contributed by atoms with Crippen LogP contribution in [-0.2, 0) is 0 Å². The lowest BCUT2D eigenvalue weighted by atomic mass is 10.2. The van der Waals surface area contributed by atoms with Crippen molar-refractivity contribution in [3.63, 3.8) is 0 Å². The molecule has 3 rings (SSSR count). The van der Waals surface area contributed by atoms with Crippen LogP contribution >= 0.6 is 11.8 Å². The smallest absolute Gasteiger partial charge is 0.171 e. The maximum atomic E-state index is 6.03. The van der Waals surface area contributed by atoms with E-state index in [1.165, 1.54) is 11.8 Å². The molecule has 2 aromatic carbocycles. The number of nitrogen functional groups attached to an aromatic ring is 1. The number of nitrogens with zero attached hydrogens (tertiary/aromatic N) is 1. The average molecular weight is 285 g/mol. The first-order valence-electron chi connectivity index (χ1n) is 6.23. The Kier molecular flexibility index (Phi) is 3.28. The Balaban J connectivity index is 1.94. The number of hydrogen-bond donors (Lipinski definition) is 2. The van der Waals surface area contributed by atoms with E-state index < -0.39 is 0 Å². The second kappa shape index (κ2) is 5.09. The van der Waals surface area contributed by atoms with Gasteiger partial charge in [0.15, 0.2) is 5.16 Å². The zero-order valence-electron chi connectivity index (χ0n) is 11.3. The molecule has 102 valence electrons. The topological polar surface area (TPSA) is 63.9 Å². The maximum absolute atomic E-state index is 6.03. The predicted octanol–water partition coefficient (Wildman–Crippen LogP) is 3.61. The van der Waals surface area contributed by atoms with Crippen LogP contribution in [0.15, 0.2) is 46.5 Å². The molecule has 3 aromatic rings. The summed E-state index contributed by atoms with van der Waals surface area (Å²) in [5.41, 5.74) is 9.82. The molecule has 4 nitrogen and oxygen atoms in total. The van der Waals surface area contributed by atoms with Gasteiger partial charge in [0.05, 0.1) is 18.1 Å². The number of nitrogens with one attached hydrogen (secondary N) is 1. The lowest BCUT2D eigenvalue weighted by Gasteiger charge is -2.03. The summed E-state index contributed by atoms with van der Waals surface area (Å²) in [5.74, 6) is 0.813. The molecule has 0 fully saturated rings. The number of fused-ring (bicyclic) bond motifs is 1. The van der Waals surface area contributed by atoms with E-state index in [0.29, 0.717) is 0 Å². The quantitative estimate of drug-likeness (QED) is 0.721. The van der Waals surface area contributed by atoms with E-state index in [4.69, 9.17) is 10.5 Å². The number of rotatable bonds is 3. The van der Waals surface area contributed by atoms with Crippen molar-refractivity contribution in [2.24, 2.45) is 0 Å². The van der Waals surface area contributed by atoms with Crippen LogP contribution in [-0.4, -0.2) is 17.1 Å². The van der Waals surface area contributed by atoms with E-state index >= 15 is 0 Å². The number of imidazole rings is 1. The van der Waals surface area contributed by atoms with Crippen molar-refractivity contribution in [1.82, 2.24) is 9.97 Å². The first-order chi connectivity index (χ1) is 9.65. The highest BCUT2D eigenvalue weighted by Crippen LogP contribution is 2.32. The van der Waals surface area contributed by atoms with Gasteiger partial charge in [-0.1, -0.05) is 6.07 Å². The van der Waals surface area contributed by atoms with Gasteiger partial charge in [-0.05, 0) is 48.5 Å². The van der Waals surface area contributed by atoms with Crippen molar-refractivity contribution in [3.05, 3.63) is 42.0 Å². The number of aryl methyl sites for hydroxylation is 1. The zero-order valence-corrected chi connectivity index (χ0v) is 12.1. The van der Waals surface area contributed by atoms with Gasteiger partial charge in [-0.3, -0.25) is 0 Å². The molecule has 0 aliphatic heterocycles. The summed E-state index contributed by atoms with van der Waals surface area (Å²) in [6.45, 7) is 2.03. The number of hydrogen-bond acceptors (Lipinski definition) is 4. The number of aromatic amines is 1. The first kappa shape index (κ1) is 12.9. The van der Waals surface area contributed by atoms with Gasteiger partial charge in [0.1, 0.15) is 5.75 Å². The van der Waals surface area contributed by atoms with Crippen molar-refractivity contribution in [1.29, 1.82) is 0 Å². The summed E-state index contributed by atoms with van der Waals surface area (Å²) in [6, 6.07) is 11.8. The molecule has 3 N–H and O–H groups in total. The van der Waals surface area contributed by atoms with Gasteiger partial charge < -0.3 is 15.5 Å². The number of nitrogens with two attached hydrogens (primary N) is 1. The molecule has 0 saturated carbocycles. The second-order valence-electron chi connectivity index (χ2n) is 4.57. The highest BCUT2D eigenvalue weighted by Gasteiger charge is 2.08. The molecule has 0 bridgehead atoms.